The lowest BCUT2D eigenvalue weighted by Gasteiger charge is -2.36. The van der Waals surface area contributed by atoms with Crippen molar-refractivity contribution in [2.45, 2.75) is 13.3 Å². The van der Waals surface area contributed by atoms with Gasteiger partial charge in [-0.25, -0.2) is 4.39 Å². The molecule has 27 heavy (non-hydrogen) atoms. The van der Waals surface area contributed by atoms with Crippen LogP contribution in [-0.4, -0.2) is 49.9 Å². The monoisotopic (exact) mass is 370 g/mol. The highest BCUT2D eigenvalue weighted by Crippen LogP contribution is 2.23. The lowest BCUT2D eigenvalue weighted by Crippen LogP contribution is -2.49. The summed E-state index contributed by atoms with van der Waals surface area (Å²) in [5.74, 6) is 0.173. The fourth-order valence-corrected chi connectivity index (χ4v) is 3.30. The minimum absolute atomic E-state index is 0.0338. The Kier molecular flexibility index (Phi) is 5.74. The topological polar surface area (TPSA) is 49.9 Å². The fraction of sp³-hybridized carbons (Fsp3) is 0.333. The maximum atomic E-state index is 14.3. The van der Waals surface area contributed by atoms with Gasteiger partial charge in [0.1, 0.15) is 11.6 Å². The minimum Gasteiger partial charge on any atom is -0.496 e. The van der Waals surface area contributed by atoms with Gasteiger partial charge in [-0.2, -0.15) is 0 Å². The molecular weight excluding hydrogens is 347 g/mol. The van der Waals surface area contributed by atoms with E-state index in [4.69, 9.17) is 4.74 Å². The molecule has 1 aliphatic rings. The largest absolute Gasteiger partial charge is 0.496 e. The van der Waals surface area contributed by atoms with Gasteiger partial charge in [-0.15, -0.1) is 0 Å². The zero-order chi connectivity index (χ0) is 19.4. The van der Waals surface area contributed by atoms with Gasteiger partial charge in [-0.05, 0) is 31.2 Å². The van der Waals surface area contributed by atoms with Crippen molar-refractivity contribution in [3.8, 4) is 5.75 Å². The number of carbonyl (C=O) groups excluding carboxylic acids is 2. The predicted octanol–water partition coefficient (Wildman–Crippen LogP) is 2.93. The molecule has 0 aromatic heterocycles. The van der Waals surface area contributed by atoms with Crippen molar-refractivity contribution in [1.82, 2.24) is 4.90 Å². The number of benzene rings is 2. The summed E-state index contributed by atoms with van der Waals surface area (Å²) in [4.78, 5) is 27.7. The number of piperazine rings is 1. The average Bonchev–Trinajstić information content (AvgIpc) is 2.68. The van der Waals surface area contributed by atoms with Crippen molar-refractivity contribution in [3.63, 3.8) is 0 Å². The number of rotatable bonds is 5. The average molecular weight is 370 g/mol. The van der Waals surface area contributed by atoms with Crippen molar-refractivity contribution in [2.75, 3.05) is 38.2 Å². The molecule has 0 atom stereocenters. The van der Waals surface area contributed by atoms with E-state index in [2.05, 4.69) is 0 Å². The van der Waals surface area contributed by atoms with Crippen LogP contribution in [0.3, 0.4) is 0 Å². The summed E-state index contributed by atoms with van der Waals surface area (Å²) < 4.78 is 19.6. The second-order valence-corrected chi connectivity index (χ2v) is 6.58. The zero-order valence-corrected chi connectivity index (χ0v) is 15.6. The number of methoxy groups -OCH3 is 1. The molecule has 0 saturated carbocycles. The number of ketones is 1. The van der Waals surface area contributed by atoms with Crippen molar-refractivity contribution < 1.29 is 18.7 Å². The molecule has 6 heteroatoms. The summed E-state index contributed by atoms with van der Waals surface area (Å²) in [5.41, 5.74) is 1.69. The van der Waals surface area contributed by atoms with E-state index in [1.165, 1.54) is 13.0 Å². The van der Waals surface area contributed by atoms with Crippen LogP contribution in [0.1, 0.15) is 22.8 Å². The van der Waals surface area contributed by atoms with Crippen LogP contribution in [0.25, 0.3) is 0 Å². The molecule has 1 amide bonds. The van der Waals surface area contributed by atoms with Gasteiger partial charge in [0, 0.05) is 37.3 Å². The molecule has 1 aliphatic heterocycles. The number of hydrogen-bond acceptors (Lipinski definition) is 4. The number of Topliss-reactive ketones (excluding diaryl/α,β-unsaturated/α-hetero) is 1. The van der Waals surface area contributed by atoms with E-state index in [1.54, 1.807) is 24.1 Å². The highest BCUT2D eigenvalue weighted by Gasteiger charge is 2.23. The molecule has 0 aliphatic carbocycles. The molecule has 3 rings (SSSR count). The smallest absolute Gasteiger partial charge is 0.227 e. The van der Waals surface area contributed by atoms with Gasteiger partial charge in [0.05, 0.1) is 19.2 Å². The van der Waals surface area contributed by atoms with E-state index in [-0.39, 0.29) is 18.1 Å². The van der Waals surface area contributed by atoms with Crippen molar-refractivity contribution >= 4 is 17.4 Å². The molecule has 1 saturated heterocycles. The van der Waals surface area contributed by atoms with Gasteiger partial charge in [-0.3, -0.25) is 9.59 Å². The number of hydrogen-bond donors (Lipinski definition) is 0. The molecule has 0 N–H and O–H groups in total. The van der Waals surface area contributed by atoms with Crippen molar-refractivity contribution in [1.29, 1.82) is 0 Å². The summed E-state index contributed by atoms with van der Waals surface area (Å²) in [6.07, 6.45) is 0.283. The van der Waals surface area contributed by atoms with Crippen LogP contribution in [0.4, 0.5) is 10.1 Å². The third-order valence-corrected chi connectivity index (χ3v) is 4.86. The van der Waals surface area contributed by atoms with E-state index in [0.29, 0.717) is 43.2 Å². The molecule has 2 aromatic rings. The number of para-hydroxylation sites is 1. The van der Waals surface area contributed by atoms with E-state index in [9.17, 15) is 14.0 Å². The number of anilines is 1. The van der Waals surface area contributed by atoms with Crippen molar-refractivity contribution in [2.24, 2.45) is 0 Å². The van der Waals surface area contributed by atoms with Crippen LogP contribution in [0, 0.1) is 5.82 Å². The Morgan fingerprint density at radius 2 is 1.78 bits per heavy atom. The Morgan fingerprint density at radius 1 is 1.07 bits per heavy atom. The quantitative estimate of drug-likeness (QED) is 0.760. The zero-order valence-electron chi connectivity index (χ0n) is 15.6. The number of nitrogens with zero attached hydrogens (tertiary/aromatic N) is 2. The van der Waals surface area contributed by atoms with Crippen molar-refractivity contribution in [3.05, 3.63) is 59.4 Å². The number of ether oxygens (including phenoxy) is 1. The van der Waals surface area contributed by atoms with Crippen LogP contribution < -0.4 is 9.64 Å². The molecule has 0 spiro atoms. The van der Waals surface area contributed by atoms with Gasteiger partial charge >= 0.3 is 0 Å². The highest BCUT2D eigenvalue weighted by molar-refractivity contribution is 5.94. The van der Waals surface area contributed by atoms with E-state index in [1.807, 2.05) is 29.2 Å². The summed E-state index contributed by atoms with van der Waals surface area (Å²) in [6, 6.07) is 12.0. The van der Waals surface area contributed by atoms with E-state index >= 15 is 0 Å². The van der Waals surface area contributed by atoms with Crippen LogP contribution in [0.15, 0.2) is 42.5 Å². The van der Waals surface area contributed by atoms with Crippen LogP contribution in [-0.2, 0) is 11.2 Å². The second-order valence-electron chi connectivity index (χ2n) is 6.58. The third kappa shape index (κ3) is 4.27. The Labute approximate surface area is 158 Å². The summed E-state index contributed by atoms with van der Waals surface area (Å²) in [6.45, 7) is 3.58. The number of halogens is 1. The Hall–Kier alpha value is -2.89. The molecule has 2 aromatic carbocycles. The van der Waals surface area contributed by atoms with Crippen LogP contribution in [0.5, 0.6) is 5.75 Å². The molecule has 1 heterocycles. The third-order valence-electron chi connectivity index (χ3n) is 4.86. The summed E-state index contributed by atoms with van der Waals surface area (Å²) in [5, 5.41) is 0. The molecule has 0 radical (unpaired) electrons. The first kappa shape index (κ1) is 18.9. The standard InChI is InChI=1S/C21H23FN2O3/c1-15(25)16-7-8-19(18(22)13-16)23-9-11-24(12-10-23)21(26)14-17-5-3-4-6-20(17)27-2/h3-8,13H,9-12,14H2,1-2H3. The second kappa shape index (κ2) is 8.20. The lowest BCUT2D eigenvalue weighted by atomic mass is 10.1. The maximum Gasteiger partial charge on any atom is 0.227 e. The number of carbonyl (C=O) groups is 2. The summed E-state index contributed by atoms with van der Waals surface area (Å²) in [7, 11) is 1.59. The first-order valence-electron chi connectivity index (χ1n) is 8.94. The Bertz CT molecular complexity index is 845. The van der Waals surface area contributed by atoms with E-state index < -0.39 is 5.82 Å². The normalized spacial score (nSPS) is 14.2. The minimum atomic E-state index is -0.406. The molecule has 0 bridgehead atoms. The molecule has 1 fully saturated rings. The Balaban J connectivity index is 1.62. The maximum absolute atomic E-state index is 14.3. The fourth-order valence-electron chi connectivity index (χ4n) is 3.30. The Morgan fingerprint density at radius 3 is 2.41 bits per heavy atom. The predicted molar refractivity (Wildman–Crippen MR) is 102 cm³/mol. The number of amides is 1. The van der Waals surface area contributed by atoms with Gasteiger partial charge in [-0.1, -0.05) is 18.2 Å². The van der Waals surface area contributed by atoms with Crippen LogP contribution in [0.2, 0.25) is 0 Å². The van der Waals surface area contributed by atoms with E-state index in [0.717, 1.165) is 5.56 Å². The molecule has 5 nitrogen and oxygen atoms in total. The summed E-state index contributed by atoms with van der Waals surface area (Å²) >= 11 is 0. The van der Waals surface area contributed by atoms with Gasteiger partial charge in [0.15, 0.2) is 5.78 Å². The first-order chi connectivity index (χ1) is 13.0. The molecule has 142 valence electrons. The first-order valence-corrected chi connectivity index (χ1v) is 8.94. The lowest BCUT2D eigenvalue weighted by molar-refractivity contribution is -0.130. The van der Waals surface area contributed by atoms with Gasteiger partial charge in [0.25, 0.3) is 0 Å². The van der Waals surface area contributed by atoms with Crippen LogP contribution >= 0.6 is 0 Å². The highest BCUT2D eigenvalue weighted by atomic mass is 19.1. The van der Waals surface area contributed by atoms with Gasteiger partial charge in [0.2, 0.25) is 5.91 Å². The SMILES string of the molecule is COc1ccccc1CC(=O)N1CCN(c2ccc(C(C)=O)cc2F)CC1. The molecular formula is C21H23FN2O3. The van der Waals surface area contributed by atoms with Gasteiger partial charge < -0.3 is 14.5 Å². The molecule has 0 unspecified atom stereocenters.